The van der Waals surface area contributed by atoms with Gasteiger partial charge in [0.2, 0.25) is 5.91 Å². The van der Waals surface area contributed by atoms with Gasteiger partial charge in [-0.2, -0.15) is 0 Å². The smallest absolute Gasteiger partial charge is 0.220 e. The molecular formula is C12H11NO3. The number of fused-ring (bicyclic) bond motifs is 1. The first kappa shape index (κ1) is 10.5. The van der Waals surface area contributed by atoms with E-state index in [1.807, 2.05) is 0 Å². The summed E-state index contributed by atoms with van der Waals surface area (Å²) in [6.07, 6.45) is 0.257. The number of ketones is 2. The summed E-state index contributed by atoms with van der Waals surface area (Å²) in [5.74, 6) is -0.927. The summed E-state index contributed by atoms with van der Waals surface area (Å²) < 4.78 is 0. The number of nitrogens with one attached hydrogen (secondary N) is 1. The number of hydrogen-bond donors (Lipinski definition) is 1. The molecule has 4 heteroatoms. The highest BCUT2D eigenvalue weighted by Gasteiger charge is 2.38. The number of hydrogen-bond acceptors (Lipinski definition) is 3. The van der Waals surface area contributed by atoms with Crippen LogP contribution in [0.25, 0.3) is 0 Å². The minimum absolute atomic E-state index is 0.257. The van der Waals surface area contributed by atoms with Crippen LogP contribution < -0.4 is 5.32 Å². The van der Waals surface area contributed by atoms with Gasteiger partial charge in [0.1, 0.15) is 0 Å². The van der Waals surface area contributed by atoms with Crippen LogP contribution in [0.3, 0.4) is 0 Å². The molecule has 0 fully saturated rings. The average Bonchev–Trinajstić information content (AvgIpc) is 2.55. The van der Waals surface area contributed by atoms with Crippen molar-refractivity contribution in [3.63, 3.8) is 0 Å². The molecule has 0 bridgehead atoms. The third-order valence-electron chi connectivity index (χ3n) is 2.61. The minimum atomic E-state index is -1.02. The SMILES string of the molecule is CCC(=O)NC1C(=O)c2ccccc2C1=O. The number of carbonyl (C=O) groups excluding carboxylic acids is 3. The van der Waals surface area contributed by atoms with E-state index in [4.69, 9.17) is 0 Å². The van der Waals surface area contributed by atoms with Crippen LogP contribution in [0, 0.1) is 0 Å². The molecule has 0 heterocycles. The fraction of sp³-hybridized carbons (Fsp3) is 0.250. The topological polar surface area (TPSA) is 63.2 Å². The van der Waals surface area contributed by atoms with Gasteiger partial charge < -0.3 is 5.32 Å². The fourth-order valence-electron chi connectivity index (χ4n) is 1.74. The van der Waals surface area contributed by atoms with E-state index in [-0.39, 0.29) is 23.9 Å². The molecule has 0 unspecified atom stereocenters. The molecule has 0 atom stereocenters. The predicted octanol–water partition coefficient (Wildman–Crippen LogP) is 0.960. The van der Waals surface area contributed by atoms with E-state index in [0.29, 0.717) is 11.1 Å². The molecule has 1 aliphatic rings. The first-order valence-corrected chi connectivity index (χ1v) is 5.12. The highest BCUT2D eigenvalue weighted by Crippen LogP contribution is 2.21. The Morgan fingerprint density at radius 2 is 1.69 bits per heavy atom. The number of amides is 1. The summed E-state index contributed by atoms with van der Waals surface area (Å²) in [7, 11) is 0. The van der Waals surface area contributed by atoms with Crippen molar-refractivity contribution in [3.8, 4) is 0 Å². The summed E-state index contributed by atoms with van der Waals surface area (Å²) in [6.45, 7) is 1.67. The maximum atomic E-state index is 11.8. The van der Waals surface area contributed by atoms with Gasteiger partial charge >= 0.3 is 0 Å². The van der Waals surface area contributed by atoms with Gasteiger partial charge in [0, 0.05) is 17.5 Å². The maximum absolute atomic E-state index is 11.8. The summed E-state index contributed by atoms with van der Waals surface area (Å²) in [4.78, 5) is 34.8. The van der Waals surface area contributed by atoms with Crippen molar-refractivity contribution in [2.45, 2.75) is 19.4 Å². The zero-order valence-electron chi connectivity index (χ0n) is 8.82. The quantitative estimate of drug-likeness (QED) is 0.750. The second-order valence-electron chi connectivity index (χ2n) is 3.63. The van der Waals surface area contributed by atoms with E-state index < -0.39 is 6.04 Å². The highest BCUT2D eigenvalue weighted by molar-refractivity contribution is 6.30. The largest absolute Gasteiger partial charge is 0.339 e. The van der Waals surface area contributed by atoms with Crippen molar-refractivity contribution in [2.75, 3.05) is 0 Å². The van der Waals surface area contributed by atoms with Gasteiger partial charge in [0.05, 0.1) is 0 Å². The Kier molecular flexibility index (Phi) is 2.56. The van der Waals surface area contributed by atoms with Crippen LogP contribution in [-0.2, 0) is 4.79 Å². The van der Waals surface area contributed by atoms with Crippen LogP contribution in [0.15, 0.2) is 24.3 Å². The van der Waals surface area contributed by atoms with Gasteiger partial charge in [0.25, 0.3) is 0 Å². The lowest BCUT2D eigenvalue weighted by Crippen LogP contribution is -2.42. The lowest BCUT2D eigenvalue weighted by molar-refractivity contribution is -0.121. The Hall–Kier alpha value is -1.97. The van der Waals surface area contributed by atoms with E-state index >= 15 is 0 Å². The van der Waals surface area contributed by atoms with Gasteiger partial charge in [-0.15, -0.1) is 0 Å². The average molecular weight is 217 g/mol. The van der Waals surface area contributed by atoms with Crippen LogP contribution in [0.1, 0.15) is 34.1 Å². The van der Waals surface area contributed by atoms with Crippen LogP contribution in [0.4, 0.5) is 0 Å². The standard InChI is InChI=1S/C12H11NO3/c1-2-9(14)13-10-11(15)7-5-3-4-6-8(7)12(10)16/h3-6,10H,2H2,1H3,(H,13,14). The fourth-order valence-corrected chi connectivity index (χ4v) is 1.74. The normalized spacial score (nSPS) is 15.1. The van der Waals surface area contributed by atoms with E-state index in [2.05, 4.69) is 5.32 Å². The Balaban J connectivity index is 2.32. The molecule has 1 N–H and O–H groups in total. The first-order valence-electron chi connectivity index (χ1n) is 5.12. The monoisotopic (exact) mass is 217 g/mol. The molecular weight excluding hydrogens is 206 g/mol. The van der Waals surface area contributed by atoms with Gasteiger partial charge in [-0.1, -0.05) is 31.2 Å². The maximum Gasteiger partial charge on any atom is 0.220 e. The van der Waals surface area contributed by atoms with E-state index in [9.17, 15) is 14.4 Å². The summed E-state index contributed by atoms with van der Waals surface area (Å²) >= 11 is 0. The summed E-state index contributed by atoms with van der Waals surface area (Å²) in [5.41, 5.74) is 0.794. The van der Waals surface area contributed by atoms with Gasteiger partial charge in [-0.25, -0.2) is 0 Å². The molecule has 1 aliphatic carbocycles. The number of Topliss-reactive ketones (excluding diaryl/α,β-unsaturated/α-hetero) is 2. The Morgan fingerprint density at radius 1 is 1.19 bits per heavy atom. The Labute approximate surface area is 92.6 Å². The predicted molar refractivity (Wildman–Crippen MR) is 57.3 cm³/mol. The van der Waals surface area contributed by atoms with E-state index in [1.54, 1.807) is 31.2 Å². The van der Waals surface area contributed by atoms with Crippen LogP contribution >= 0.6 is 0 Å². The molecule has 1 aromatic carbocycles. The molecule has 0 radical (unpaired) electrons. The van der Waals surface area contributed by atoms with Gasteiger partial charge in [-0.3, -0.25) is 14.4 Å². The molecule has 0 spiro atoms. The van der Waals surface area contributed by atoms with Crippen LogP contribution in [0.2, 0.25) is 0 Å². The summed E-state index contributed by atoms with van der Waals surface area (Å²) in [6, 6.07) is 5.59. The highest BCUT2D eigenvalue weighted by atomic mass is 16.2. The molecule has 2 rings (SSSR count). The molecule has 0 saturated heterocycles. The molecule has 0 aromatic heterocycles. The van der Waals surface area contributed by atoms with Crippen molar-refractivity contribution in [2.24, 2.45) is 0 Å². The lowest BCUT2D eigenvalue weighted by Gasteiger charge is -2.07. The third-order valence-corrected chi connectivity index (χ3v) is 2.61. The van der Waals surface area contributed by atoms with Crippen molar-refractivity contribution in [3.05, 3.63) is 35.4 Å². The molecule has 1 amide bonds. The van der Waals surface area contributed by atoms with Crippen molar-refractivity contribution < 1.29 is 14.4 Å². The molecule has 0 aliphatic heterocycles. The van der Waals surface area contributed by atoms with Crippen molar-refractivity contribution in [1.82, 2.24) is 5.32 Å². The third kappa shape index (κ3) is 1.52. The second-order valence-corrected chi connectivity index (χ2v) is 3.63. The van der Waals surface area contributed by atoms with Crippen molar-refractivity contribution in [1.29, 1.82) is 0 Å². The zero-order chi connectivity index (χ0) is 11.7. The minimum Gasteiger partial charge on any atom is -0.339 e. The Morgan fingerprint density at radius 3 is 2.12 bits per heavy atom. The van der Waals surface area contributed by atoms with Gasteiger partial charge in [-0.05, 0) is 0 Å². The van der Waals surface area contributed by atoms with Gasteiger partial charge in [0.15, 0.2) is 17.6 Å². The molecule has 16 heavy (non-hydrogen) atoms. The summed E-state index contributed by atoms with van der Waals surface area (Å²) in [5, 5.41) is 2.44. The molecule has 0 saturated carbocycles. The number of carbonyl (C=O) groups is 3. The first-order chi connectivity index (χ1) is 7.65. The molecule has 4 nitrogen and oxygen atoms in total. The molecule has 1 aromatic rings. The Bertz CT molecular complexity index is 444. The lowest BCUT2D eigenvalue weighted by atomic mass is 10.1. The van der Waals surface area contributed by atoms with Crippen molar-refractivity contribution >= 4 is 17.5 Å². The zero-order valence-corrected chi connectivity index (χ0v) is 8.82. The van der Waals surface area contributed by atoms with E-state index in [1.165, 1.54) is 0 Å². The second kappa shape index (κ2) is 3.89. The molecule has 82 valence electrons. The number of benzene rings is 1. The number of rotatable bonds is 2. The van der Waals surface area contributed by atoms with Crippen LogP contribution in [-0.4, -0.2) is 23.5 Å². The van der Waals surface area contributed by atoms with Crippen LogP contribution in [0.5, 0.6) is 0 Å². The van der Waals surface area contributed by atoms with E-state index in [0.717, 1.165) is 0 Å².